The van der Waals surface area contributed by atoms with Crippen LogP contribution in [-0.2, 0) is 10.0 Å². The van der Waals surface area contributed by atoms with Gasteiger partial charge < -0.3 is 0 Å². The first-order valence-electron chi connectivity index (χ1n) is 9.38. The van der Waals surface area contributed by atoms with Gasteiger partial charge in [-0.2, -0.15) is 4.31 Å². The van der Waals surface area contributed by atoms with Crippen LogP contribution in [0, 0.1) is 0 Å². The maximum atomic E-state index is 12.7. The van der Waals surface area contributed by atoms with Gasteiger partial charge in [-0.05, 0) is 43.2 Å². The number of hydrogen-bond acceptors (Lipinski definition) is 6. The van der Waals surface area contributed by atoms with E-state index >= 15 is 0 Å². The van der Waals surface area contributed by atoms with E-state index in [0.717, 1.165) is 12.8 Å². The summed E-state index contributed by atoms with van der Waals surface area (Å²) in [4.78, 5) is 33.1. The van der Waals surface area contributed by atoms with E-state index in [0.29, 0.717) is 24.1 Å². The Morgan fingerprint density at radius 2 is 1.60 bits per heavy atom. The van der Waals surface area contributed by atoms with Crippen LogP contribution >= 0.6 is 0 Å². The zero-order valence-corrected chi connectivity index (χ0v) is 16.7. The number of nitrogens with zero attached hydrogens (tertiary/aromatic N) is 3. The molecule has 0 aliphatic carbocycles. The Hall–Kier alpha value is -3.37. The summed E-state index contributed by atoms with van der Waals surface area (Å²) in [5.74, 6) is -1.28. The Kier molecular flexibility index (Phi) is 5.42. The summed E-state index contributed by atoms with van der Waals surface area (Å²) in [6.45, 7) is 0.948. The van der Waals surface area contributed by atoms with Crippen molar-refractivity contribution < 1.29 is 18.0 Å². The Morgan fingerprint density at radius 1 is 0.900 bits per heavy atom. The molecule has 0 bridgehead atoms. The number of para-hydroxylation sites is 2. The van der Waals surface area contributed by atoms with Crippen molar-refractivity contribution in [1.82, 2.24) is 25.1 Å². The molecule has 1 saturated heterocycles. The van der Waals surface area contributed by atoms with Crippen LogP contribution in [-0.4, -0.2) is 47.6 Å². The molecule has 154 valence electrons. The van der Waals surface area contributed by atoms with E-state index in [-0.39, 0.29) is 16.2 Å². The topological polar surface area (TPSA) is 121 Å². The summed E-state index contributed by atoms with van der Waals surface area (Å²) in [6.07, 6.45) is 2.96. The molecule has 1 aliphatic heterocycles. The summed E-state index contributed by atoms with van der Waals surface area (Å²) in [5, 5.41) is 0. The molecule has 0 radical (unpaired) electrons. The van der Waals surface area contributed by atoms with E-state index < -0.39 is 21.8 Å². The Morgan fingerprint density at radius 3 is 2.37 bits per heavy atom. The number of nitrogens with one attached hydrogen (secondary N) is 2. The highest BCUT2D eigenvalue weighted by Gasteiger charge is 2.27. The second-order valence-electron chi connectivity index (χ2n) is 6.79. The standard InChI is InChI=1S/C20H19N5O4S/c26-19(14-6-5-7-15(12-14)30(28,29)25-10-3-4-11-25)23-24-20(27)18-13-21-16-8-1-2-9-17(16)22-18/h1-2,5-9,12-13H,3-4,10-11H2,(H,23,26)(H,24,27). The second-order valence-corrected chi connectivity index (χ2v) is 8.73. The molecule has 3 aromatic rings. The monoisotopic (exact) mass is 425 g/mol. The molecule has 0 saturated carbocycles. The molecule has 1 aliphatic rings. The fourth-order valence-corrected chi connectivity index (χ4v) is 4.76. The van der Waals surface area contributed by atoms with Crippen LogP contribution in [0.5, 0.6) is 0 Å². The molecule has 2 aromatic carbocycles. The van der Waals surface area contributed by atoms with Gasteiger partial charge in [0, 0.05) is 18.7 Å². The number of fused-ring (bicyclic) bond motifs is 1. The number of sulfonamides is 1. The fraction of sp³-hybridized carbons (Fsp3) is 0.200. The quantitative estimate of drug-likeness (QED) is 0.611. The van der Waals surface area contributed by atoms with Crippen molar-refractivity contribution in [2.24, 2.45) is 0 Å². The number of carbonyl (C=O) groups excluding carboxylic acids is 2. The van der Waals surface area contributed by atoms with Gasteiger partial charge in [-0.15, -0.1) is 0 Å². The normalized spacial score (nSPS) is 14.5. The van der Waals surface area contributed by atoms with Gasteiger partial charge in [0.2, 0.25) is 10.0 Å². The first kappa shape index (κ1) is 19.9. The fourth-order valence-electron chi connectivity index (χ4n) is 3.19. The van der Waals surface area contributed by atoms with Gasteiger partial charge in [-0.25, -0.2) is 13.4 Å². The maximum Gasteiger partial charge on any atom is 0.289 e. The Labute approximate surface area is 173 Å². The lowest BCUT2D eigenvalue weighted by Crippen LogP contribution is -2.42. The highest BCUT2D eigenvalue weighted by atomic mass is 32.2. The lowest BCUT2D eigenvalue weighted by molar-refractivity contribution is 0.0844. The largest absolute Gasteiger partial charge is 0.289 e. The van der Waals surface area contributed by atoms with Gasteiger partial charge in [-0.1, -0.05) is 18.2 Å². The zero-order valence-electron chi connectivity index (χ0n) is 15.9. The summed E-state index contributed by atoms with van der Waals surface area (Å²) in [7, 11) is -3.64. The number of hydrazine groups is 1. The van der Waals surface area contributed by atoms with Gasteiger partial charge >= 0.3 is 0 Å². The van der Waals surface area contributed by atoms with E-state index in [1.807, 2.05) is 6.07 Å². The Balaban J connectivity index is 1.45. The van der Waals surface area contributed by atoms with Gasteiger partial charge in [0.25, 0.3) is 11.8 Å². The molecular formula is C20H19N5O4S. The maximum absolute atomic E-state index is 12.7. The lowest BCUT2D eigenvalue weighted by Gasteiger charge is -2.16. The van der Waals surface area contributed by atoms with Crippen molar-refractivity contribution >= 4 is 32.9 Å². The van der Waals surface area contributed by atoms with Crippen LogP contribution in [0.15, 0.2) is 59.6 Å². The van der Waals surface area contributed by atoms with Gasteiger partial charge in [0.1, 0.15) is 5.69 Å². The highest BCUT2D eigenvalue weighted by molar-refractivity contribution is 7.89. The molecule has 0 unspecified atom stereocenters. The molecule has 1 aromatic heterocycles. The van der Waals surface area contributed by atoms with Crippen molar-refractivity contribution in [1.29, 1.82) is 0 Å². The first-order chi connectivity index (χ1) is 14.4. The minimum atomic E-state index is -3.64. The molecule has 10 heteroatoms. The van der Waals surface area contributed by atoms with Gasteiger partial charge in [0.05, 0.1) is 22.1 Å². The minimum absolute atomic E-state index is 0.0411. The molecule has 30 heavy (non-hydrogen) atoms. The van der Waals surface area contributed by atoms with E-state index in [1.54, 1.807) is 18.2 Å². The SMILES string of the molecule is O=C(NNC(=O)c1cnc2ccccc2n1)c1cccc(S(=O)(=O)N2CCCC2)c1. The van der Waals surface area contributed by atoms with Gasteiger partial charge in [0.15, 0.2) is 0 Å². The number of hydrogen-bond donors (Lipinski definition) is 2. The van der Waals surface area contributed by atoms with Crippen LogP contribution < -0.4 is 10.9 Å². The lowest BCUT2D eigenvalue weighted by atomic mass is 10.2. The smallest absolute Gasteiger partial charge is 0.267 e. The summed E-state index contributed by atoms with van der Waals surface area (Å²) in [6, 6.07) is 12.8. The summed E-state index contributed by atoms with van der Waals surface area (Å²) < 4.78 is 26.8. The van der Waals surface area contributed by atoms with Crippen molar-refractivity contribution in [2.45, 2.75) is 17.7 Å². The molecule has 2 N–H and O–H groups in total. The number of amides is 2. The van der Waals surface area contributed by atoms with E-state index in [9.17, 15) is 18.0 Å². The van der Waals surface area contributed by atoms with Crippen molar-refractivity contribution in [2.75, 3.05) is 13.1 Å². The van der Waals surface area contributed by atoms with E-state index in [4.69, 9.17) is 0 Å². The minimum Gasteiger partial charge on any atom is -0.267 e. The number of benzene rings is 2. The highest BCUT2D eigenvalue weighted by Crippen LogP contribution is 2.21. The van der Waals surface area contributed by atoms with Crippen LogP contribution in [0.4, 0.5) is 0 Å². The van der Waals surface area contributed by atoms with Crippen LogP contribution in [0.3, 0.4) is 0 Å². The third-order valence-corrected chi connectivity index (χ3v) is 6.66. The van der Waals surface area contributed by atoms with E-state index in [1.165, 1.54) is 34.8 Å². The summed E-state index contributed by atoms with van der Waals surface area (Å²) >= 11 is 0. The second kappa shape index (κ2) is 8.17. The van der Waals surface area contributed by atoms with E-state index in [2.05, 4.69) is 20.8 Å². The molecule has 2 amide bonds. The molecular weight excluding hydrogens is 406 g/mol. The molecule has 2 heterocycles. The van der Waals surface area contributed by atoms with Crippen molar-refractivity contribution in [3.05, 3.63) is 66.0 Å². The number of aromatic nitrogens is 2. The Bertz CT molecular complexity index is 1220. The predicted molar refractivity (Wildman–Crippen MR) is 109 cm³/mol. The average Bonchev–Trinajstić information content (AvgIpc) is 3.33. The first-order valence-corrected chi connectivity index (χ1v) is 10.8. The molecule has 0 atom stereocenters. The van der Waals surface area contributed by atoms with Crippen LogP contribution in [0.2, 0.25) is 0 Å². The molecule has 0 spiro atoms. The molecule has 9 nitrogen and oxygen atoms in total. The average molecular weight is 425 g/mol. The van der Waals surface area contributed by atoms with Crippen LogP contribution in [0.1, 0.15) is 33.7 Å². The third-order valence-electron chi connectivity index (χ3n) is 4.77. The van der Waals surface area contributed by atoms with Crippen molar-refractivity contribution in [3.8, 4) is 0 Å². The number of rotatable bonds is 4. The van der Waals surface area contributed by atoms with Crippen LogP contribution in [0.25, 0.3) is 11.0 Å². The third kappa shape index (κ3) is 4.00. The number of carbonyl (C=O) groups is 2. The molecule has 1 fully saturated rings. The summed E-state index contributed by atoms with van der Waals surface area (Å²) in [5.41, 5.74) is 5.90. The predicted octanol–water partition coefficient (Wildman–Crippen LogP) is 1.49. The molecule has 4 rings (SSSR count). The van der Waals surface area contributed by atoms with Gasteiger partial charge in [-0.3, -0.25) is 25.4 Å². The zero-order chi connectivity index (χ0) is 21.1. The van der Waals surface area contributed by atoms with Crippen molar-refractivity contribution in [3.63, 3.8) is 0 Å².